The zero-order chi connectivity index (χ0) is 19.1. The molecule has 1 saturated carbocycles. The van der Waals surface area contributed by atoms with Gasteiger partial charge in [-0.05, 0) is 43.5 Å². The predicted octanol–water partition coefficient (Wildman–Crippen LogP) is 4.77. The monoisotopic (exact) mass is 423 g/mol. The molecule has 2 fully saturated rings. The van der Waals surface area contributed by atoms with E-state index >= 15 is 0 Å². The van der Waals surface area contributed by atoms with Crippen LogP contribution in [0.2, 0.25) is 5.02 Å². The van der Waals surface area contributed by atoms with Gasteiger partial charge in [0.05, 0.1) is 33.4 Å². The number of hydrogen-bond donors (Lipinski definition) is 0. The Morgan fingerprint density at radius 2 is 2.07 bits per heavy atom. The second-order valence-electron chi connectivity index (χ2n) is 6.62. The predicted molar refractivity (Wildman–Crippen MR) is 107 cm³/mol. The molecular weight excluding hydrogens is 409 g/mol. The van der Waals surface area contributed by atoms with Crippen molar-refractivity contribution in [3.63, 3.8) is 0 Å². The number of anilines is 1. The Hall–Kier alpha value is -1.70. The molecule has 0 spiro atoms. The smallest absolute Gasteiger partial charge is 0.270 e. The van der Waals surface area contributed by atoms with Crippen molar-refractivity contribution >= 4 is 57.3 Å². The van der Waals surface area contributed by atoms with Crippen molar-refractivity contribution in [2.75, 3.05) is 4.90 Å². The second kappa shape index (κ2) is 7.37. The average molecular weight is 424 g/mol. The normalized spacial score (nSPS) is 26.9. The number of rotatable bonds is 2. The van der Waals surface area contributed by atoms with E-state index < -0.39 is 5.82 Å². The number of allylic oxidation sites excluding steroid dienone is 2. The number of benzene rings is 1. The first kappa shape index (κ1) is 18.7. The molecule has 1 aliphatic carbocycles. The van der Waals surface area contributed by atoms with E-state index in [1.165, 1.54) is 35.4 Å². The van der Waals surface area contributed by atoms with Crippen LogP contribution in [0.1, 0.15) is 25.7 Å². The van der Waals surface area contributed by atoms with Crippen LogP contribution in [-0.4, -0.2) is 22.1 Å². The van der Waals surface area contributed by atoms with Crippen LogP contribution < -0.4 is 4.90 Å². The number of ketones is 1. The number of carbonyl (C=O) groups excluding carboxylic acids is 2. The molecule has 3 aliphatic rings. The molecule has 1 aromatic carbocycles. The highest BCUT2D eigenvalue weighted by atomic mass is 35.5. The summed E-state index contributed by atoms with van der Waals surface area (Å²) in [4.78, 5) is 27.2. The molecule has 2 unspecified atom stereocenters. The van der Waals surface area contributed by atoms with Gasteiger partial charge in [0.25, 0.3) is 5.91 Å². The number of amides is 1. The van der Waals surface area contributed by atoms with Gasteiger partial charge < -0.3 is 4.74 Å². The fourth-order valence-corrected chi connectivity index (χ4v) is 5.02. The number of Topliss-reactive ketones (excluding diaryl/α,β-unsaturated/α-hetero) is 1. The van der Waals surface area contributed by atoms with Gasteiger partial charge in [-0.1, -0.05) is 42.0 Å². The van der Waals surface area contributed by atoms with E-state index in [1.807, 2.05) is 0 Å². The molecule has 2 aliphatic heterocycles. The van der Waals surface area contributed by atoms with Gasteiger partial charge in [-0.3, -0.25) is 14.5 Å². The fraction of sp³-hybridized carbons (Fsp3) is 0.316. The minimum absolute atomic E-state index is 0.0149. The quantitative estimate of drug-likeness (QED) is 0.506. The maximum Gasteiger partial charge on any atom is 0.270 e. The summed E-state index contributed by atoms with van der Waals surface area (Å²) in [5, 5.41) is -0.0903. The molecule has 0 aromatic heterocycles. The summed E-state index contributed by atoms with van der Waals surface area (Å²) in [6, 6.07) is 3.98. The summed E-state index contributed by atoms with van der Waals surface area (Å²) in [7, 11) is 0. The average Bonchev–Trinajstić information content (AvgIpc) is 2.93. The molecule has 4 nitrogen and oxygen atoms in total. The minimum atomic E-state index is -0.571. The van der Waals surface area contributed by atoms with Gasteiger partial charge in [-0.25, -0.2) is 4.39 Å². The molecule has 0 N–H and O–H groups in total. The third-order valence-electron chi connectivity index (χ3n) is 4.94. The largest absolute Gasteiger partial charge is 0.497 e. The number of thioether (sulfide) groups is 1. The zero-order valence-corrected chi connectivity index (χ0v) is 16.5. The Bertz CT molecular complexity index is 914. The van der Waals surface area contributed by atoms with E-state index in [1.54, 1.807) is 0 Å². The van der Waals surface area contributed by atoms with Crippen LogP contribution in [0, 0.1) is 11.7 Å². The number of halogens is 2. The lowest BCUT2D eigenvalue weighted by atomic mass is 9.80. The van der Waals surface area contributed by atoms with Gasteiger partial charge in [0, 0.05) is 0 Å². The molecule has 2 atom stereocenters. The van der Waals surface area contributed by atoms with Crippen LogP contribution >= 0.6 is 35.6 Å². The van der Waals surface area contributed by atoms with Crippen molar-refractivity contribution in [2.45, 2.75) is 31.8 Å². The Morgan fingerprint density at radius 3 is 2.85 bits per heavy atom. The summed E-state index contributed by atoms with van der Waals surface area (Å²) < 4.78 is 19.4. The summed E-state index contributed by atoms with van der Waals surface area (Å²) in [5.41, 5.74) is 0.774. The summed E-state index contributed by atoms with van der Waals surface area (Å²) in [6.45, 7) is 0. The molecule has 1 aromatic rings. The van der Waals surface area contributed by atoms with Crippen molar-refractivity contribution in [1.82, 2.24) is 0 Å². The molecule has 8 heteroatoms. The van der Waals surface area contributed by atoms with Gasteiger partial charge in [-0.15, -0.1) is 0 Å². The maximum atomic E-state index is 13.4. The van der Waals surface area contributed by atoms with E-state index in [2.05, 4.69) is 0 Å². The van der Waals surface area contributed by atoms with E-state index in [9.17, 15) is 14.0 Å². The Labute approximate surface area is 170 Å². The van der Waals surface area contributed by atoms with E-state index in [4.69, 9.17) is 28.6 Å². The lowest BCUT2D eigenvalue weighted by molar-refractivity contribution is -0.126. The lowest BCUT2D eigenvalue weighted by Crippen LogP contribution is -2.36. The molecule has 0 radical (unpaired) electrons. The third-order valence-corrected chi connectivity index (χ3v) is 6.53. The molecule has 2 heterocycles. The maximum absolute atomic E-state index is 13.4. The minimum Gasteiger partial charge on any atom is -0.497 e. The zero-order valence-electron chi connectivity index (χ0n) is 14.1. The molecule has 0 bridgehead atoms. The Kier molecular flexibility index (Phi) is 5.09. The van der Waals surface area contributed by atoms with Crippen molar-refractivity contribution in [3.8, 4) is 0 Å². The standard InChI is InChI=1S/C19H15ClFNO3S2/c20-13-8-11(5-6-14(13)21)22-18(24)16(27-19(22)26)7-10-9-25-15-4-2-1-3-12(15)17(10)23/h5-9,12,15H,1-4H2/b16-7-. The number of nitrogens with zero attached hydrogens (tertiary/aromatic N) is 1. The first-order chi connectivity index (χ1) is 13.0. The SMILES string of the molecule is O=C1C(/C=C2\SC(=S)N(c3ccc(F)c(Cl)c3)C2=O)=COC2CCCCC12. The van der Waals surface area contributed by atoms with Gasteiger partial charge >= 0.3 is 0 Å². The molecule has 4 rings (SSSR count). The molecular formula is C19H15ClFNO3S2. The summed E-state index contributed by atoms with van der Waals surface area (Å²) in [5.74, 6) is -1.07. The van der Waals surface area contributed by atoms with Crippen molar-refractivity contribution < 1.29 is 18.7 Å². The molecule has 1 saturated heterocycles. The highest BCUT2D eigenvalue weighted by Crippen LogP contribution is 2.39. The second-order valence-corrected chi connectivity index (χ2v) is 8.70. The molecule has 140 valence electrons. The van der Waals surface area contributed by atoms with Gasteiger partial charge in [0.2, 0.25) is 0 Å². The Balaban J connectivity index is 1.60. The summed E-state index contributed by atoms with van der Waals surface area (Å²) >= 11 is 12.2. The fourth-order valence-electron chi connectivity index (χ4n) is 3.55. The van der Waals surface area contributed by atoms with Gasteiger partial charge in [0.15, 0.2) is 10.1 Å². The van der Waals surface area contributed by atoms with E-state index in [0.29, 0.717) is 20.5 Å². The Morgan fingerprint density at radius 1 is 1.30 bits per heavy atom. The van der Waals surface area contributed by atoms with Crippen LogP contribution in [0.15, 0.2) is 41.0 Å². The van der Waals surface area contributed by atoms with Crippen LogP contribution in [-0.2, 0) is 14.3 Å². The van der Waals surface area contributed by atoms with E-state index in [-0.39, 0.29) is 28.7 Å². The van der Waals surface area contributed by atoms with Crippen molar-refractivity contribution in [3.05, 3.63) is 51.9 Å². The number of fused-ring (bicyclic) bond motifs is 1. The van der Waals surface area contributed by atoms with Crippen molar-refractivity contribution in [2.24, 2.45) is 5.92 Å². The molecule has 27 heavy (non-hydrogen) atoms. The molecule has 1 amide bonds. The lowest BCUT2D eigenvalue weighted by Gasteiger charge is -2.33. The number of carbonyl (C=O) groups is 2. The van der Waals surface area contributed by atoms with Crippen LogP contribution in [0.4, 0.5) is 10.1 Å². The highest BCUT2D eigenvalue weighted by molar-refractivity contribution is 8.27. The number of thiocarbonyl (C=S) groups is 1. The van der Waals surface area contributed by atoms with E-state index in [0.717, 1.165) is 37.4 Å². The number of hydrogen-bond acceptors (Lipinski definition) is 5. The number of ether oxygens (including phenoxy) is 1. The topological polar surface area (TPSA) is 46.6 Å². The summed E-state index contributed by atoms with van der Waals surface area (Å²) in [6.07, 6.45) is 6.71. The van der Waals surface area contributed by atoms with Gasteiger partial charge in [0.1, 0.15) is 11.9 Å². The van der Waals surface area contributed by atoms with Crippen molar-refractivity contribution in [1.29, 1.82) is 0 Å². The van der Waals surface area contributed by atoms with Crippen LogP contribution in [0.3, 0.4) is 0 Å². The van der Waals surface area contributed by atoms with Crippen LogP contribution in [0.25, 0.3) is 0 Å². The van der Waals surface area contributed by atoms with Gasteiger partial charge in [-0.2, -0.15) is 0 Å². The first-order valence-electron chi connectivity index (χ1n) is 8.58. The first-order valence-corrected chi connectivity index (χ1v) is 10.2. The third kappa shape index (κ3) is 3.44. The highest BCUT2D eigenvalue weighted by Gasteiger charge is 2.38. The van der Waals surface area contributed by atoms with Crippen LogP contribution in [0.5, 0.6) is 0 Å².